The molecule has 6 heteroatoms. The lowest BCUT2D eigenvalue weighted by molar-refractivity contribution is 0.186. The van der Waals surface area contributed by atoms with Gasteiger partial charge in [-0.05, 0) is 0 Å². The molecule has 92 valence electrons. The Morgan fingerprint density at radius 2 is 1.12 bits per heavy atom. The largest absolute Gasteiger partial charge is 0.412 e. The van der Waals surface area contributed by atoms with Gasteiger partial charge in [0.25, 0.3) is 5.43 Å². The van der Waals surface area contributed by atoms with E-state index in [2.05, 4.69) is 0 Å². The molecule has 2 aromatic carbocycles. The minimum atomic E-state index is -0.920. The van der Waals surface area contributed by atoms with E-state index < -0.39 is 16.3 Å². The molecule has 0 saturated carbocycles. The van der Waals surface area contributed by atoms with Crippen LogP contribution in [0.15, 0.2) is 38.6 Å². The highest BCUT2D eigenvalue weighted by Crippen LogP contribution is 2.01. The Bertz CT molecular complexity index is 557. The van der Waals surface area contributed by atoms with Crippen molar-refractivity contribution in [1.82, 2.24) is 0 Å². The highest BCUT2D eigenvalue weighted by Gasteiger charge is 2.09. The van der Waals surface area contributed by atoms with Gasteiger partial charge in [-0.2, -0.15) is 0 Å². The average Bonchev–Trinajstić information content (AvgIpc) is 2.56. The van der Waals surface area contributed by atoms with Gasteiger partial charge in [-0.25, -0.2) is 0 Å². The second-order valence-corrected chi connectivity index (χ2v) is 2.98. The highest BCUT2D eigenvalue weighted by molar-refractivity contribution is 5.83. The minimum absolute atomic E-state index is 0. The number of benzene rings is 1. The Labute approximate surface area is 95.4 Å². The SMILES string of the molecule is O.O=c1c(=O)c2ccccc2c1=O.OCCO. The maximum absolute atomic E-state index is 11.0. The highest BCUT2D eigenvalue weighted by atomic mass is 16.3. The molecule has 0 heterocycles. The smallest absolute Gasteiger partial charge is 0.273 e. The first-order valence-electron chi connectivity index (χ1n) is 4.57. The molecule has 2 rings (SSSR count). The van der Waals surface area contributed by atoms with Gasteiger partial charge in [0.05, 0.1) is 13.2 Å². The van der Waals surface area contributed by atoms with E-state index in [9.17, 15) is 14.4 Å². The van der Waals surface area contributed by atoms with Gasteiger partial charge in [0.15, 0.2) is 0 Å². The zero-order chi connectivity index (χ0) is 12.1. The monoisotopic (exact) mass is 240 g/mol. The Hall–Kier alpha value is -1.89. The van der Waals surface area contributed by atoms with E-state index in [-0.39, 0.29) is 29.5 Å². The van der Waals surface area contributed by atoms with E-state index in [1.54, 1.807) is 12.1 Å². The second-order valence-electron chi connectivity index (χ2n) is 2.98. The van der Waals surface area contributed by atoms with E-state index in [0.717, 1.165) is 0 Å². The van der Waals surface area contributed by atoms with Crippen LogP contribution in [0.1, 0.15) is 0 Å². The number of hydrogen-bond acceptors (Lipinski definition) is 5. The van der Waals surface area contributed by atoms with E-state index in [0.29, 0.717) is 0 Å². The molecule has 0 atom stereocenters. The number of rotatable bonds is 1. The quantitative estimate of drug-likeness (QED) is 0.555. The summed E-state index contributed by atoms with van der Waals surface area (Å²) in [6.45, 7) is -0.250. The third kappa shape index (κ3) is 3.04. The lowest BCUT2D eigenvalue weighted by atomic mass is 10.2. The molecule has 0 spiro atoms. The summed E-state index contributed by atoms with van der Waals surface area (Å²) >= 11 is 0. The van der Waals surface area contributed by atoms with Crippen molar-refractivity contribution in [3.8, 4) is 0 Å². The predicted molar refractivity (Wildman–Crippen MR) is 62.9 cm³/mol. The van der Waals surface area contributed by atoms with Crippen molar-refractivity contribution < 1.29 is 15.7 Å². The summed E-state index contributed by atoms with van der Waals surface area (Å²) in [7, 11) is 0. The maximum Gasteiger partial charge on any atom is 0.273 e. The summed E-state index contributed by atoms with van der Waals surface area (Å²) in [5, 5.41) is 15.7. The van der Waals surface area contributed by atoms with Gasteiger partial charge in [0.1, 0.15) is 0 Å². The summed E-state index contributed by atoms with van der Waals surface area (Å²) < 4.78 is 0. The number of aliphatic hydroxyl groups excluding tert-OH is 2. The molecule has 0 aliphatic carbocycles. The minimum Gasteiger partial charge on any atom is -0.412 e. The Morgan fingerprint density at radius 1 is 0.765 bits per heavy atom. The molecule has 2 aromatic rings. The van der Waals surface area contributed by atoms with Gasteiger partial charge in [-0.15, -0.1) is 0 Å². The van der Waals surface area contributed by atoms with Crippen LogP contribution in [0.3, 0.4) is 0 Å². The van der Waals surface area contributed by atoms with Crippen molar-refractivity contribution in [1.29, 1.82) is 0 Å². The summed E-state index contributed by atoms with van der Waals surface area (Å²) in [6, 6.07) is 6.23. The van der Waals surface area contributed by atoms with E-state index in [4.69, 9.17) is 10.2 Å². The number of aliphatic hydroxyl groups is 2. The molecule has 0 aliphatic rings. The van der Waals surface area contributed by atoms with Crippen molar-refractivity contribution in [2.45, 2.75) is 0 Å². The molecule has 17 heavy (non-hydrogen) atoms. The van der Waals surface area contributed by atoms with Crippen molar-refractivity contribution in [2.24, 2.45) is 0 Å². The molecule has 0 amide bonds. The van der Waals surface area contributed by atoms with Gasteiger partial charge >= 0.3 is 0 Å². The maximum atomic E-state index is 11.0. The third-order valence-electron chi connectivity index (χ3n) is 1.93. The van der Waals surface area contributed by atoms with Crippen molar-refractivity contribution in [3.63, 3.8) is 0 Å². The topological polar surface area (TPSA) is 123 Å². The molecular weight excluding hydrogens is 228 g/mol. The molecule has 0 aliphatic heterocycles. The van der Waals surface area contributed by atoms with Gasteiger partial charge in [0, 0.05) is 10.8 Å². The lowest BCUT2D eigenvalue weighted by Crippen LogP contribution is -2.29. The number of hydrogen-bond donors (Lipinski definition) is 2. The summed E-state index contributed by atoms with van der Waals surface area (Å²) in [5.41, 5.74) is -2.29. The van der Waals surface area contributed by atoms with Gasteiger partial charge in [-0.1, -0.05) is 24.3 Å². The van der Waals surface area contributed by atoms with Crippen LogP contribution in [0, 0.1) is 0 Å². The predicted octanol–water partition coefficient (Wildman–Crippen LogP) is -2.06. The van der Waals surface area contributed by atoms with Crippen LogP contribution < -0.4 is 16.3 Å². The molecule has 0 fully saturated rings. The molecular formula is C11H12O6. The van der Waals surface area contributed by atoms with Gasteiger partial charge in [0.2, 0.25) is 10.9 Å². The molecule has 0 aromatic heterocycles. The zero-order valence-corrected chi connectivity index (χ0v) is 8.84. The third-order valence-corrected chi connectivity index (χ3v) is 1.93. The normalized spacial score (nSPS) is 9.29. The first-order chi connectivity index (χ1) is 7.63. The van der Waals surface area contributed by atoms with Crippen LogP contribution in [0.25, 0.3) is 10.8 Å². The van der Waals surface area contributed by atoms with E-state index in [1.807, 2.05) is 0 Å². The van der Waals surface area contributed by atoms with E-state index >= 15 is 0 Å². The first kappa shape index (κ1) is 15.1. The van der Waals surface area contributed by atoms with Crippen LogP contribution in [-0.2, 0) is 0 Å². The van der Waals surface area contributed by atoms with Crippen molar-refractivity contribution in [2.75, 3.05) is 13.2 Å². The number of fused-ring (bicyclic) bond motifs is 1. The summed E-state index contributed by atoms with van der Waals surface area (Å²) in [6.07, 6.45) is 0. The molecule has 0 saturated heterocycles. The molecule has 0 radical (unpaired) electrons. The van der Waals surface area contributed by atoms with Gasteiger partial charge in [-0.3, -0.25) is 14.4 Å². The first-order valence-corrected chi connectivity index (χ1v) is 4.57. The van der Waals surface area contributed by atoms with Crippen molar-refractivity contribution in [3.05, 3.63) is 54.9 Å². The lowest BCUT2D eigenvalue weighted by Gasteiger charge is -1.81. The fraction of sp³-hybridized carbons (Fsp3) is 0.182. The Morgan fingerprint density at radius 3 is 1.41 bits per heavy atom. The van der Waals surface area contributed by atoms with Crippen LogP contribution in [0.2, 0.25) is 0 Å². The molecule has 4 N–H and O–H groups in total. The van der Waals surface area contributed by atoms with Crippen LogP contribution in [0.5, 0.6) is 0 Å². The van der Waals surface area contributed by atoms with Crippen LogP contribution >= 0.6 is 0 Å². The fourth-order valence-electron chi connectivity index (χ4n) is 1.23. The Kier molecular flexibility index (Phi) is 5.90. The zero-order valence-electron chi connectivity index (χ0n) is 8.84. The fourth-order valence-corrected chi connectivity index (χ4v) is 1.23. The van der Waals surface area contributed by atoms with Crippen LogP contribution in [-0.4, -0.2) is 28.9 Å². The summed E-state index contributed by atoms with van der Waals surface area (Å²) in [4.78, 5) is 32.9. The van der Waals surface area contributed by atoms with Crippen LogP contribution in [0.4, 0.5) is 0 Å². The molecule has 0 unspecified atom stereocenters. The standard InChI is InChI=1S/C9H4O3.C2H6O2.H2O/c10-7-5-3-1-2-4-6(5)8(11)9(7)12;3-1-2-4;/h1-4H;3-4H,1-2H2;1H2. The van der Waals surface area contributed by atoms with E-state index in [1.165, 1.54) is 12.1 Å². The molecule has 6 nitrogen and oxygen atoms in total. The summed E-state index contributed by atoms with van der Waals surface area (Å²) in [5.74, 6) is 0. The molecule has 0 bridgehead atoms. The Balaban J connectivity index is 0.000000453. The van der Waals surface area contributed by atoms with Crippen molar-refractivity contribution >= 4 is 10.8 Å². The average molecular weight is 240 g/mol. The van der Waals surface area contributed by atoms with Gasteiger partial charge < -0.3 is 15.7 Å². The second kappa shape index (κ2) is 6.64.